The minimum atomic E-state index is 0.828. The Morgan fingerprint density at radius 3 is 2.25 bits per heavy atom. The first kappa shape index (κ1) is 17.0. The van der Waals surface area contributed by atoms with Crippen molar-refractivity contribution in [3.8, 4) is 5.75 Å². The van der Waals surface area contributed by atoms with Crippen LogP contribution in [0.4, 0.5) is 0 Å². The fourth-order valence-corrected chi connectivity index (χ4v) is 3.49. The highest BCUT2D eigenvalue weighted by Crippen LogP contribution is 2.15. The molecule has 0 aromatic heterocycles. The van der Waals surface area contributed by atoms with E-state index < -0.39 is 0 Å². The number of ether oxygens (including phenoxy) is 1. The summed E-state index contributed by atoms with van der Waals surface area (Å²) in [5, 5.41) is 0. The van der Waals surface area contributed by atoms with Gasteiger partial charge in [0.15, 0.2) is 0 Å². The van der Waals surface area contributed by atoms with Crippen molar-refractivity contribution in [3.05, 3.63) is 65.7 Å². The molecule has 3 rings (SSSR count). The lowest BCUT2D eigenvalue weighted by Gasteiger charge is -2.29. The lowest BCUT2D eigenvalue weighted by molar-refractivity contribution is -1.02. The van der Waals surface area contributed by atoms with Crippen LogP contribution in [0, 0.1) is 6.92 Å². The number of aryl methyl sites for hydroxylation is 1. The monoisotopic (exact) mass is 326 g/mol. The second-order valence-electron chi connectivity index (χ2n) is 6.88. The first-order chi connectivity index (χ1) is 11.8. The average Bonchev–Trinajstić information content (AvgIpc) is 2.62. The van der Waals surface area contributed by atoms with E-state index in [1.54, 1.807) is 9.80 Å². The maximum absolute atomic E-state index is 5.91. The van der Waals surface area contributed by atoms with E-state index in [4.69, 9.17) is 4.74 Å². The summed E-state index contributed by atoms with van der Waals surface area (Å²) in [6, 6.07) is 19.1. The molecule has 1 saturated heterocycles. The zero-order valence-electron chi connectivity index (χ0n) is 14.8. The molecule has 0 aliphatic carbocycles. The summed E-state index contributed by atoms with van der Waals surface area (Å²) in [4.78, 5) is 3.46. The summed E-state index contributed by atoms with van der Waals surface area (Å²) in [7, 11) is 0. The molecule has 1 aliphatic rings. The van der Waals surface area contributed by atoms with Gasteiger partial charge in [-0.2, -0.15) is 0 Å². The van der Waals surface area contributed by atoms with Gasteiger partial charge in [0, 0.05) is 12.0 Å². The third-order valence-corrected chi connectivity index (χ3v) is 4.99. The van der Waals surface area contributed by atoms with Crippen LogP contribution in [-0.2, 0) is 6.54 Å². The summed E-state index contributed by atoms with van der Waals surface area (Å²) in [5.74, 6) is 1.03. The molecule has 1 heterocycles. The number of benzene rings is 2. The smallest absolute Gasteiger partial charge is 0.127 e. The first-order valence-electron chi connectivity index (χ1n) is 9.21. The highest BCUT2D eigenvalue weighted by molar-refractivity contribution is 5.31. The first-order valence-corrected chi connectivity index (χ1v) is 9.21. The van der Waals surface area contributed by atoms with Gasteiger partial charge in [-0.1, -0.05) is 48.5 Å². The van der Waals surface area contributed by atoms with Gasteiger partial charge in [0.05, 0.1) is 13.2 Å². The van der Waals surface area contributed by atoms with E-state index in [0.29, 0.717) is 0 Å². The molecule has 0 spiro atoms. The molecule has 3 nitrogen and oxygen atoms in total. The molecule has 0 saturated carbocycles. The lowest BCUT2D eigenvalue weighted by Crippen LogP contribution is -3.27. The molecule has 1 fully saturated rings. The molecule has 3 heteroatoms. The minimum Gasteiger partial charge on any atom is -0.493 e. The normalized spacial score (nSPS) is 20.7. The summed E-state index contributed by atoms with van der Waals surface area (Å²) in [5.41, 5.74) is 2.69. The Morgan fingerprint density at radius 2 is 1.50 bits per heavy atom. The Kier molecular flexibility index (Phi) is 6.27. The lowest BCUT2D eigenvalue weighted by atomic mass is 10.2. The second kappa shape index (κ2) is 8.86. The zero-order chi connectivity index (χ0) is 16.6. The van der Waals surface area contributed by atoms with Crippen molar-refractivity contribution in [1.82, 2.24) is 0 Å². The van der Waals surface area contributed by atoms with E-state index in [1.807, 2.05) is 6.07 Å². The van der Waals surface area contributed by atoms with E-state index in [9.17, 15) is 0 Å². The van der Waals surface area contributed by atoms with Crippen molar-refractivity contribution in [2.24, 2.45) is 0 Å². The Hall–Kier alpha value is -1.84. The van der Waals surface area contributed by atoms with Gasteiger partial charge in [-0.25, -0.2) is 0 Å². The van der Waals surface area contributed by atoms with Gasteiger partial charge in [-0.15, -0.1) is 0 Å². The molecule has 2 aromatic carbocycles. The number of hydrogen-bond donors (Lipinski definition) is 2. The van der Waals surface area contributed by atoms with Gasteiger partial charge in [0.1, 0.15) is 38.5 Å². The maximum atomic E-state index is 5.91. The van der Waals surface area contributed by atoms with Crippen LogP contribution in [0.3, 0.4) is 0 Å². The second-order valence-corrected chi connectivity index (χ2v) is 6.88. The molecule has 0 unspecified atom stereocenters. The number of nitrogens with one attached hydrogen (secondary N) is 2. The Balaban J connectivity index is 1.32. The molecule has 0 atom stereocenters. The summed E-state index contributed by atoms with van der Waals surface area (Å²) >= 11 is 0. The molecule has 128 valence electrons. The third-order valence-electron chi connectivity index (χ3n) is 4.99. The van der Waals surface area contributed by atoms with E-state index in [-0.39, 0.29) is 0 Å². The predicted molar refractivity (Wildman–Crippen MR) is 97.7 cm³/mol. The fraction of sp³-hybridized carbons (Fsp3) is 0.429. The molecular weight excluding hydrogens is 296 g/mol. The minimum absolute atomic E-state index is 0.828. The van der Waals surface area contributed by atoms with Crippen LogP contribution in [0.5, 0.6) is 5.75 Å². The topological polar surface area (TPSA) is 18.1 Å². The van der Waals surface area contributed by atoms with E-state index in [2.05, 4.69) is 55.5 Å². The maximum Gasteiger partial charge on any atom is 0.127 e. The van der Waals surface area contributed by atoms with Gasteiger partial charge in [-0.3, -0.25) is 0 Å². The standard InChI is InChI=1S/C21H28N2O/c1-19-8-5-6-11-21(19)24-17-7-12-22-13-15-23(16-14-22)18-20-9-3-2-4-10-20/h2-6,8-11H,7,12-18H2,1H3/p+2. The predicted octanol–water partition coefficient (Wildman–Crippen LogP) is 0.748. The van der Waals surface area contributed by atoms with Gasteiger partial charge in [0.2, 0.25) is 0 Å². The van der Waals surface area contributed by atoms with Crippen LogP contribution < -0.4 is 14.5 Å². The van der Waals surface area contributed by atoms with Crippen molar-refractivity contribution in [2.75, 3.05) is 39.3 Å². The molecule has 0 amide bonds. The Bertz CT molecular complexity index is 606. The fourth-order valence-electron chi connectivity index (χ4n) is 3.49. The quantitative estimate of drug-likeness (QED) is 0.719. The molecule has 24 heavy (non-hydrogen) atoms. The number of quaternary nitrogens is 2. The number of piperazine rings is 1. The average molecular weight is 326 g/mol. The molecular formula is C21H30N2O+2. The Labute approximate surface area is 145 Å². The molecule has 1 aliphatic heterocycles. The van der Waals surface area contributed by atoms with Crippen molar-refractivity contribution in [1.29, 1.82) is 0 Å². The molecule has 2 N–H and O–H groups in total. The summed E-state index contributed by atoms with van der Waals surface area (Å²) in [6.07, 6.45) is 1.14. The number of para-hydroxylation sites is 1. The van der Waals surface area contributed by atoms with Crippen LogP contribution in [0.2, 0.25) is 0 Å². The van der Waals surface area contributed by atoms with Crippen LogP contribution in [-0.4, -0.2) is 39.3 Å². The number of hydrogen-bond acceptors (Lipinski definition) is 1. The summed E-state index contributed by atoms with van der Waals surface area (Å²) in [6.45, 7) is 10.5. The van der Waals surface area contributed by atoms with E-state index in [0.717, 1.165) is 18.8 Å². The van der Waals surface area contributed by atoms with E-state index >= 15 is 0 Å². The number of rotatable bonds is 7. The summed E-state index contributed by atoms with van der Waals surface area (Å²) < 4.78 is 5.91. The molecule has 2 aromatic rings. The largest absolute Gasteiger partial charge is 0.493 e. The highest BCUT2D eigenvalue weighted by Gasteiger charge is 2.22. The molecule has 0 radical (unpaired) electrons. The van der Waals surface area contributed by atoms with Gasteiger partial charge < -0.3 is 14.5 Å². The van der Waals surface area contributed by atoms with Crippen LogP contribution in [0.25, 0.3) is 0 Å². The Morgan fingerprint density at radius 1 is 0.833 bits per heavy atom. The van der Waals surface area contributed by atoms with Crippen LogP contribution in [0.15, 0.2) is 54.6 Å². The van der Waals surface area contributed by atoms with E-state index in [1.165, 1.54) is 50.4 Å². The van der Waals surface area contributed by atoms with Gasteiger partial charge in [-0.05, 0) is 18.6 Å². The van der Waals surface area contributed by atoms with Gasteiger partial charge >= 0.3 is 0 Å². The van der Waals surface area contributed by atoms with Crippen LogP contribution >= 0.6 is 0 Å². The highest BCUT2D eigenvalue weighted by atomic mass is 16.5. The van der Waals surface area contributed by atoms with Crippen molar-refractivity contribution in [2.45, 2.75) is 19.9 Å². The SMILES string of the molecule is Cc1ccccc1OCCC[NH+]1CC[NH+](Cc2ccccc2)CC1. The molecule has 0 bridgehead atoms. The zero-order valence-corrected chi connectivity index (χ0v) is 14.8. The van der Waals surface area contributed by atoms with Crippen molar-refractivity contribution >= 4 is 0 Å². The van der Waals surface area contributed by atoms with Crippen LogP contribution in [0.1, 0.15) is 17.5 Å². The van der Waals surface area contributed by atoms with Gasteiger partial charge in [0.25, 0.3) is 0 Å². The van der Waals surface area contributed by atoms with Crippen molar-refractivity contribution < 1.29 is 14.5 Å². The van der Waals surface area contributed by atoms with Crippen molar-refractivity contribution in [3.63, 3.8) is 0 Å². The third kappa shape index (κ3) is 5.08.